The third-order valence-electron chi connectivity index (χ3n) is 3.93. The largest absolute Gasteiger partial charge is 0.484 e. The van der Waals surface area contributed by atoms with Crippen molar-refractivity contribution in [2.75, 3.05) is 11.9 Å². The third kappa shape index (κ3) is 3.54. The number of carbonyl (C=O) groups is 1. The van der Waals surface area contributed by atoms with Gasteiger partial charge in [0, 0.05) is 41.5 Å². The maximum absolute atomic E-state index is 12.1. The molecule has 0 unspecified atom stereocenters. The van der Waals surface area contributed by atoms with Crippen LogP contribution in [0.2, 0.25) is 0 Å². The first-order valence-electron chi connectivity index (χ1n) is 8.13. The predicted octanol–water partition coefficient (Wildman–Crippen LogP) is 3.44. The number of imidazole rings is 1. The molecule has 4 rings (SSSR count). The number of anilines is 1. The predicted molar refractivity (Wildman–Crippen MR) is 99.4 cm³/mol. The molecule has 0 aliphatic carbocycles. The Labute approximate surface area is 150 Å². The minimum Gasteiger partial charge on any atom is -0.484 e. The minimum atomic E-state index is -0.211. The Hall–Kier alpha value is -3.67. The van der Waals surface area contributed by atoms with Crippen molar-refractivity contribution in [3.05, 3.63) is 79.6 Å². The molecule has 2 heterocycles. The molecule has 0 saturated heterocycles. The van der Waals surface area contributed by atoms with E-state index in [-0.39, 0.29) is 12.5 Å². The lowest BCUT2D eigenvalue weighted by molar-refractivity contribution is -0.118. The number of fused-ring (bicyclic) bond motifs is 1. The van der Waals surface area contributed by atoms with Crippen LogP contribution in [0.15, 0.2) is 79.6 Å². The molecule has 6 heteroatoms. The van der Waals surface area contributed by atoms with Gasteiger partial charge >= 0.3 is 0 Å². The van der Waals surface area contributed by atoms with Gasteiger partial charge < -0.3 is 14.6 Å². The molecule has 0 spiro atoms. The molecule has 0 fully saturated rings. The van der Waals surface area contributed by atoms with Crippen molar-refractivity contribution in [1.29, 1.82) is 0 Å². The number of hydrogen-bond acceptors (Lipinski definition) is 4. The molecule has 0 radical (unpaired) electrons. The highest BCUT2D eigenvalue weighted by Gasteiger charge is 2.05. The van der Waals surface area contributed by atoms with E-state index in [0.717, 1.165) is 22.1 Å². The highest BCUT2D eigenvalue weighted by atomic mass is 16.5. The minimum absolute atomic E-state index is 0.0567. The molecule has 0 atom stereocenters. The number of aromatic nitrogens is 3. The first-order valence-corrected chi connectivity index (χ1v) is 8.13. The van der Waals surface area contributed by atoms with Crippen LogP contribution >= 0.6 is 0 Å². The molecule has 1 N–H and O–H groups in total. The summed E-state index contributed by atoms with van der Waals surface area (Å²) in [6.07, 6.45) is 8.83. The highest BCUT2D eigenvalue weighted by molar-refractivity contribution is 5.94. The zero-order chi connectivity index (χ0) is 17.8. The summed E-state index contributed by atoms with van der Waals surface area (Å²) in [5.74, 6) is 0.422. The summed E-state index contributed by atoms with van der Waals surface area (Å²) in [5.41, 5.74) is 1.71. The lowest BCUT2D eigenvalue weighted by Gasteiger charge is -2.09. The van der Waals surface area contributed by atoms with E-state index >= 15 is 0 Å². The first-order chi connectivity index (χ1) is 12.8. The summed E-state index contributed by atoms with van der Waals surface area (Å²) >= 11 is 0. The lowest BCUT2D eigenvalue weighted by Crippen LogP contribution is -2.20. The number of pyridine rings is 1. The molecule has 0 aliphatic heterocycles. The van der Waals surface area contributed by atoms with Crippen molar-refractivity contribution in [3.8, 4) is 11.4 Å². The van der Waals surface area contributed by atoms with Crippen LogP contribution in [0.1, 0.15) is 0 Å². The number of rotatable bonds is 5. The van der Waals surface area contributed by atoms with E-state index in [1.165, 1.54) is 0 Å². The average Bonchev–Trinajstić information content (AvgIpc) is 3.21. The normalized spacial score (nSPS) is 10.6. The number of amides is 1. The highest BCUT2D eigenvalue weighted by Crippen LogP contribution is 2.18. The van der Waals surface area contributed by atoms with Gasteiger partial charge in [0.25, 0.3) is 5.91 Å². The monoisotopic (exact) mass is 344 g/mol. The average molecular weight is 344 g/mol. The SMILES string of the molecule is O=C(COc1ccc(-n2ccnc2)cc1)Nc1ccc2cnccc2c1. The van der Waals surface area contributed by atoms with Gasteiger partial charge in [-0.1, -0.05) is 6.07 Å². The van der Waals surface area contributed by atoms with E-state index < -0.39 is 0 Å². The summed E-state index contributed by atoms with van der Waals surface area (Å²) in [6, 6.07) is 15.1. The maximum atomic E-state index is 12.1. The van der Waals surface area contributed by atoms with Gasteiger partial charge in [0.05, 0.1) is 6.33 Å². The van der Waals surface area contributed by atoms with E-state index in [1.807, 2.05) is 59.3 Å². The number of hydrogen-bond donors (Lipinski definition) is 1. The molecule has 128 valence electrons. The molecule has 0 aliphatic rings. The molecule has 2 aromatic heterocycles. The zero-order valence-corrected chi connectivity index (χ0v) is 13.9. The second-order valence-electron chi connectivity index (χ2n) is 5.74. The Morgan fingerprint density at radius 3 is 2.69 bits per heavy atom. The van der Waals surface area contributed by atoms with Crippen LogP contribution in [0.25, 0.3) is 16.5 Å². The summed E-state index contributed by atoms with van der Waals surface area (Å²) in [4.78, 5) is 20.2. The van der Waals surface area contributed by atoms with Crippen molar-refractivity contribution >= 4 is 22.4 Å². The number of ether oxygens (including phenoxy) is 1. The fourth-order valence-electron chi connectivity index (χ4n) is 2.63. The van der Waals surface area contributed by atoms with E-state index in [9.17, 15) is 4.79 Å². The van der Waals surface area contributed by atoms with Crippen LogP contribution in [0.3, 0.4) is 0 Å². The van der Waals surface area contributed by atoms with Crippen LogP contribution in [0.4, 0.5) is 5.69 Å². The zero-order valence-electron chi connectivity index (χ0n) is 13.9. The van der Waals surface area contributed by atoms with E-state index in [4.69, 9.17) is 4.74 Å². The van der Waals surface area contributed by atoms with Gasteiger partial charge in [-0.15, -0.1) is 0 Å². The van der Waals surface area contributed by atoms with Crippen LogP contribution < -0.4 is 10.1 Å². The van der Waals surface area contributed by atoms with Gasteiger partial charge in [-0.25, -0.2) is 4.98 Å². The number of nitrogens with one attached hydrogen (secondary N) is 1. The van der Waals surface area contributed by atoms with Crippen LogP contribution in [-0.2, 0) is 4.79 Å². The van der Waals surface area contributed by atoms with Crippen molar-refractivity contribution in [2.45, 2.75) is 0 Å². The second kappa shape index (κ2) is 7.06. The molecule has 0 saturated carbocycles. The van der Waals surface area contributed by atoms with Crippen molar-refractivity contribution in [1.82, 2.24) is 14.5 Å². The van der Waals surface area contributed by atoms with Crippen molar-refractivity contribution in [3.63, 3.8) is 0 Å². The lowest BCUT2D eigenvalue weighted by atomic mass is 10.1. The molecular weight excluding hydrogens is 328 g/mol. The third-order valence-corrected chi connectivity index (χ3v) is 3.93. The molecule has 1 amide bonds. The Morgan fingerprint density at radius 2 is 1.88 bits per heavy atom. The summed E-state index contributed by atoms with van der Waals surface area (Å²) in [6.45, 7) is -0.0567. The summed E-state index contributed by atoms with van der Waals surface area (Å²) < 4.78 is 7.45. The maximum Gasteiger partial charge on any atom is 0.262 e. The van der Waals surface area contributed by atoms with Gasteiger partial charge in [0.15, 0.2) is 6.61 Å². The van der Waals surface area contributed by atoms with Crippen LogP contribution in [0.5, 0.6) is 5.75 Å². The van der Waals surface area contributed by atoms with Crippen molar-refractivity contribution < 1.29 is 9.53 Å². The second-order valence-corrected chi connectivity index (χ2v) is 5.74. The first kappa shape index (κ1) is 15.8. The van der Waals surface area contributed by atoms with Gasteiger partial charge in [-0.2, -0.15) is 0 Å². The molecule has 0 bridgehead atoms. The van der Waals surface area contributed by atoms with E-state index in [1.54, 1.807) is 24.9 Å². The van der Waals surface area contributed by atoms with E-state index in [0.29, 0.717) is 5.75 Å². The van der Waals surface area contributed by atoms with Gasteiger partial charge in [0.1, 0.15) is 5.75 Å². The quantitative estimate of drug-likeness (QED) is 0.602. The van der Waals surface area contributed by atoms with Crippen molar-refractivity contribution in [2.24, 2.45) is 0 Å². The smallest absolute Gasteiger partial charge is 0.262 e. The molecule has 4 aromatic rings. The molecule has 6 nitrogen and oxygen atoms in total. The van der Waals surface area contributed by atoms with Crippen LogP contribution in [0, 0.1) is 0 Å². The Morgan fingerprint density at radius 1 is 1.00 bits per heavy atom. The Kier molecular flexibility index (Phi) is 4.30. The van der Waals surface area contributed by atoms with Gasteiger partial charge in [-0.3, -0.25) is 9.78 Å². The topological polar surface area (TPSA) is 69.0 Å². The van der Waals surface area contributed by atoms with Gasteiger partial charge in [-0.05, 0) is 47.9 Å². The molecule has 26 heavy (non-hydrogen) atoms. The van der Waals surface area contributed by atoms with Gasteiger partial charge in [0.2, 0.25) is 0 Å². The summed E-state index contributed by atoms with van der Waals surface area (Å²) in [7, 11) is 0. The number of carbonyl (C=O) groups excluding carboxylic acids is 1. The number of benzene rings is 2. The fraction of sp³-hybridized carbons (Fsp3) is 0.0500. The van der Waals surface area contributed by atoms with E-state index in [2.05, 4.69) is 15.3 Å². The molecule has 2 aromatic carbocycles. The molecular formula is C20H16N4O2. The number of nitrogens with zero attached hydrogens (tertiary/aromatic N) is 3. The van der Waals surface area contributed by atoms with Crippen LogP contribution in [-0.4, -0.2) is 27.0 Å². The Balaban J connectivity index is 1.35. The standard InChI is InChI=1S/C20H16N4O2/c25-20(23-17-2-1-16-12-21-8-7-15(16)11-17)13-26-19-5-3-18(4-6-19)24-10-9-22-14-24/h1-12,14H,13H2,(H,23,25). The Bertz CT molecular complexity index is 1030. The fourth-order valence-corrected chi connectivity index (χ4v) is 2.63. The summed E-state index contributed by atoms with van der Waals surface area (Å²) in [5, 5.41) is 4.89.